The normalized spacial score (nSPS) is 15.1. The van der Waals surface area contributed by atoms with Crippen LogP contribution in [0.3, 0.4) is 0 Å². The molecule has 0 aliphatic carbocycles. The van der Waals surface area contributed by atoms with Gasteiger partial charge in [-0.3, -0.25) is 9.78 Å². The van der Waals surface area contributed by atoms with E-state index in [1.165, 1.54) is 25.3 Å². The molecule has 8 heteroatoms. The second kappa shape index (κ2) is 9.16. The molecule has 150 valence electrons. The highest BCUT2D eigenvalue weighted by Crippen LogP contribution is 2.25. The zero-order valence-electron chi connectivity index (χ0n) is 15.9. The van der Waals surface area contributed by atoms with Crippen LogP contribution in [0.5, 0.6) is 5.75 Å². The Hall–Kier alpha value is -2.45. The summed E-state index contributed by atoms with van der Waals surface area (Å²) in [5.41, 5.74) is 0.880. The number of sulfonamides is 1. The molecule has 0 radical (unpaired) electrons. The van der Waals surface area contributed by atoms with Gasteiger partial charge in [0.15, 0.2) is 0 Å². The molecule has 28 heavy (non-hydrogen) atoms. The molecule has 0 spiro atoms. The first-order valence-corrected chi connectivity index (χ1v) is 10.9. The van der Waals surface area contributed by atoms with E-state index >= 15 is 0 Å². The monoisotopic (exact) mass is 403 g/mol. The van der Waals surface area contributed by atoms with Crippen molar-refractivity contribution < 1.29 is 17.9 Å². The van der Waals surface area contributed by atoms with Gasteiger partial charge in [-0.15, -0.1) is 0 Å². The molecule has 1 N–H and O–H groups in total. The molecule has 1 fully saturated rings. The number of pyridine rings is 1. The fourth-order valence-corrected chi connectivity index (χ4v) is 4.25. The molecular weight excluding hydrogens is 378 g/mol. The highest BCUT2D eigenvalue weighted by Gasteiger charge is 2.24. The molecule has 3 rings (SSSR count). The van der Waals surface area contributed by atoms with E-state index in [1.807, 2.05) is 0 Å². The van der Waals surface area contributed by atoms with Crippen LogP contribution in [0.2, 0.25) is 0 Å². The number of hydrogen-bond acceptors (Lipinski definition) is 5. The van der Waals surface area contributed by atoms with Gasteiger partial charge in [0, 0.05) is 19.3 Å². The van der Waals surface area contributed by atoms with Crippen molar-refractivity contribution in [3.8, 4) is 5.75 Å². The van der Waals surface area contributed by atoms with Gasteiger partial charge in [0.1, 0.15) is 5.75 Å². The van der Waals surface area contributed by atoms with Crippen LogP contribution in [0, 0.1) is 0 Å². The number of carbonyl (C=O) groups is 1. The van der Waals surface area contributed by atoms with Crippen LogP contribution in [0.1, 0.15) is 41.7 Å². The van der Waals surface area contributed by atoms with E-state index < -0.39 is 10.0 Å². The lowest BCUT2D eigenvalue weighted by Crippen LogP contribution is -2.32. The van der Waals surface area contributed by atoms with E-state index in [9.17, 15) is 13.2 Å². The molecule has 1 saturated heterocycles. The molecule has 1 aliphatic rings. The Labute approximate surface area is 165 Å². The van der Waals surface area contributed by atoms with Gasteiger partial charge in [-0.25, -0.2) is 13.1 Å². The third kappa shape index (κ3) is 4.88. The van der Waals surface area contributed by atoms with Crippen molar-refractivity contribution in [1.29, 1.82) is 0 Å². The summed E-state index contributed by atoms with van der Waals surface area (Å²) in [6.07, 6.45) is 5.73. The highest BCUT2D eigenvalue weighted by molar-refractivity contribution is 7.89. The fraction of sp³-hybridized carbons (Fsp3) is 0.400. The number of hydrogen-bond donors (Lipinski definition) is 1. The van der Waals surface area contributed by atoms with Gasteiger partial charge in [0.25, 0.3) is 5.91 Å². The number of benzene rings is 1. The second-order valence-corrected chi connectivity index (χ2v) is 8.48. The summed E-state index contributed by atoms with van der Waals surface area (Å²) in [7, 11) is -2.32. The van der Waals surface area contributed by atoms with Crippen molar-refractivity contribution in [2.24, 2.45) is 0 Å². The number of carbonyl (C=O) groups excluding carboxylic acids is 1. The van der Waals surface area contributed by atoms with Crippen molar-refractivity contribution in [3.05, 3.63) is 53.9 Å². The minimum absolute atomic E-state index is 0.0300. The molecule has 2 heterocycles. The van der Waals surface area contributed by atoms with Crippen molar-refractivity contribution in [1.82, 2.24) is 14.6 Å². The Morgan fingerprint density at radius 1 is 1.14 bits per heavy atom. The summed E-state index contributed by atoms with van der Waals surface area (Å²) in [5, 5.41) is 0. The van der Waals surface area contributed by atoms with E-state index in [-0.39, 0.29) is 22.9 Å². The fourth-order valence-electron chi connectivity index (χ4n) is 3.22. The van der Waals surface area contributed by atoms with Crippen LogP contribution in [-0.2, 0) is 16.6 Å². The van der Waals surface area contributed by atoms with Crippen LogP contribution < -0.4 is 9.46 Å². The number of rotatable bonds is 6. The SMILES string of the molecule is COc1ccc(S(=O)(=O)NCc2ccccn2)cc1C(=O)N1CCCCCC1. The van der Waals surface area contributed by atoms with E-state index in [1.54, 1.807) is 29.3 Å². The molecule has 0 atom stereocenters. The predicted octanol–water partition coefficient (Wildman–Crippen LogP) is 2.58. The highest BCUT2D eigenvalue weighted by atomic mass is 32.2. The largest absolute Gasteiger partial charge is 0.496 e. The zero-order valence-corrected chi connectivity index (χ0v) is 16.7. The Balaban J connectivity index is 1.83. The Morgan fingerprint density at radius 2 is 1.89 bits per heavy atom. The Bertz CT molecular complexity index is 908. The zero-order chi connectivity index (χ0) is 20.0. The number of nitrogens with one attached hydrogen (secondary N) is 1. The maximum Gasteiger partial charge on any atom is 0.257 e. The number of aromatic nitrogens is 1. The van der Waals surface area contributed by atoms with E-state index in [0.29, 0.717) is 24.5 Å². The quantitative estimate of drug-likeness (QED) is 0.801. The molecule has 0 unspecified atom stereocenters. The van der Waals surface area contributed by atoms with Gasteiger partial charge in [-0.2, -0.15) is 0 Å². The Kier molecular flexibility index (Phi) is 6.64. The molecule has 0 bridgehead atoms. The van der Waals surface area contributed by atoms with Gasteiger partial charge in [-0.05, 0) is 43.2 Å². The van der Waals surface area contributed by atoms with Gasteiger partial charge in [0.05, 0.1) is 29.8 Å². The first-order chi connectivity index (χ1) is 13.5. The van der Waals surface area contributed by atoms with Crippen molar-refractivity contribution >= 4 is 15.9 Å². The standard InChI is InChI=1S/C20H25N3O4S/c1-27-19-10-9-17(28(25,26)22-15-16-8-4-5-11-21-16)14-18(19)20(24)23-12-6-2-3-7-13-23/h4-5,8-11,14,22H,2-3,6-7,12-13,15H2,1H3. The van der Waals surface area contributed by atoms with Gasteiger partial charge >= 0.3 is 0 Å². The van der Waals surface area contributed by atoms with Crippen molar-refractivity contribution in [3.63, 3.8) is 0 Å². The lowest BCUT2D eigenvalue weighted by Gasteiger charge is -2.22. The van der Waals surface area contributed by atoms with E-state index in [4.69, 9.17) is 4.74 Å². The molecule has 1 amide bonds. The molecule has 7 nitrogen and oxygen atoms in total. The van der Waals surface area contributed by atoms with Gasteiger partial charge in [-0.1, -0.05) is 18.9 Å². The predicted molar refractivity (Wildman–Crippen MR) is 106 cm³/mol. The summed E-state index contributed by atoms with van der Waals surface area (Å²) < 4.78 is 33.3. The second-order valence-electron chi connectivity index (χ2n) is 6.71. The third-order valence-electron chi connectivity index (χ3n) is 4.77. The van der Waals surface area contributed by atoms with E-state index in [2.05, 4.69) is 9.71 Å². The lowest BCUT2D eigenvalue weighted by atomic mass is 10.1. The lowest BCUT2D eigenvalue weighted by molar-refractivity contribution is 0.0758. The summed E-state index contributed by atoms with van der Waals surface area (Å²) in [4.78, 5) is 18.9. The molecule has 1 aromatic heterocycles. The maximum atomic E-state index is 13.0. The molecule has 1 aliphatic heterocycles. The minimum Gasteiger partial charge on any atom is -0.496 e. The topological polar surface area (TPSA) is 88.6 Å². The smallest absolute Gasteiger partial charge is 0.257 e. The molecule has 1 aromatic carbocycles. The van der Waals surface area contributed by atoms with Crippen LogP contribution in [0.15, 0.2) is 47.5 Å². The summed E-state index contributed by atoms with van der Waals surface area (Å²) in [5.74, 6) is 0.179. The van der Waals surface area contributed by atoms with Crippen LogP contribution in [-0.4, -0.2) is 44.4 Å². The first kappa shape index (κ1) is 20.3. The van der Waals surface area contributed by atoms with Crippen LogP contribution in [0.25, 0.3) is 0 Å². The van der Waals surface area contributed by atoms with Crippen molar-refractivity contribution in [2.75, 3.05) is 20.2 Å². The van der Waals surface area contributed by atoms with Gasteiger partial charge < -0.3 is 9.64 Å². The summed E-state index contributed by atoms with van der Waals surface area (Å²) >= 11 is 0. The summed E-state index contributed by atoms with van der Waals surface area (Å²) in [6, 6.07) is 9.67. The number of likely N-dealkylation sites (tertiary alicyclic amines) is 1. The van der Waals surface area contributed by atoms with E-state index in [0.717, 1.165) is 25.7 Å². The number of nitrogens with zero attached hydrogens (tertiary/aromatic N) is 2. The van der Waals surface area contributed by atoms with Crippen molar-refractivity contribution in [2.45, 2.75) is 37.1 Å². The Morgan fingerprint density at radius 3 is 2.54 bits per heavy atom. The third-order valence-corrected chi connectivity index (χ3v) is 6.17. The van der Waals surface area contributed by atoms with Crippen LogP contribution in [0.4, 0.5) is 0 Å². The molecule has 2 aromatic rings. The number of amides is 1. The number of ether oxygens (including phenoxy) is 1. The van der Waals surface area contributed by atoms with Gasteiger partial charge in [0.2, 0.25) is 10.0 Å². The molecular formula is C20H25N3O4S. The number of methoxy groups -OCH3 is 1. The van der Waals surface area contributed by atoms with Crippen LogP contribution >= 0.6 is 0 Å². The maximum absolute atomic E-state index is 13.0. The average molecular weight is 404 g/mol. The first-order valence-electron chi connectivity index (χ1n) is 9.38. The molecule has 0 saturated carbocycles. The summed E-state index contributed by atoms with van der Waals surface area (Å²) in [6.45, 7) is 1.43. The average Bonchev–Trinajstić information content (AvgIpc) is 3.01. The minimum atomic E-state index is -3.79.